The van der Waals surface area contributed by atoms with E-state index in [1.165, 1.54) is 0 Å². The van der Waals surface area contributed by atoms with Crippen LogP contribution in [-0.2, 0) is 13.0 Å². The number of methoxy groups -OCH3 is 1. The van der Waals surface area contributed by atoms with Gasteiger partial charge < -0.3 is 10.5 Å². The van der Waals surface area contributed by atoms with Crippen LogP contribution in [0, 0.1) is 5.41 Å². The van der Waals surface area contributed by atoms with Gasteiger partial charge in [0.1, 0.15) is 0 Å². The molecule has 0 bridgehead atoms. The van der Waals surface area contributed by atoms with Gasteiger partial charge in [0.2, 0.25) is 5.88 Å². The summed E-state index contributed by atoms with van der Waals surface area (Å²) < 4.78 is 7.27. The molecule has 0 aromatic carbocycles. The zero-order valence-corrected chi connectivity index (χ0v) is 10.1. The number of nitrogens with zero attached hydrogens (tertiary/aromatic N) is 2. The molecule has 4 nitrogen and oxygen atoms in total. The highest BCUT2D eigenvalue weighted by Crippen LogP contribution is 2.23. The number of ether oxygens (including phenoxy) is 1. The molecule has 0 radical (unpaired) electrons. The van der Waals surface area contributed by atoms with Gasteiger partial charge in [0.05, 0.1) is 13.3 Å². The molecule has 0 aliphatic heterocycles. The minimum Gasteiger partial charge on any atom is -0.481 e. The van der Waals surface area contributed by atoms with Crippen molar-refractivity contribution in [2.75, 3.05) is 13.7 Å². The highest BCUT2D eigenvalue weighted by Gasteiger charge is 2.17. The van der Waals surface area contributed by atoms with Gasteiger partial charge in [-0.1, -0.05) is 20.8 Å². The zero-order chi connectivity index (χ0) is 11.5. The second-order valence-electron chi connectivity index (χ2n) is 4.94. The largest absolute Gasteiger partial charge is 0.481 e. The van der Waals surface area contributed by atoms with E-state index in [0.29, 0.717) is 6.54 Å². The summed E-state index contributed by atoms with van der Waals surface area (Å²) in [5.41, 5.74) is 6.81. The summed E-state index contributed by atoms with van der Waals surface area (Å²) in [6.07, 6.45) is 2.66. The molecule has 86 valence electrons. The third kappa shape index (κ3) is 3.23. The Morgan fingerprint density at radius 1 is 1.47 bits per heavy atom. The van der Waals surface area contributed by atoms with Crippen molar-refractivity contribution in [1.29, 1.82) is 0 Å². The first-order valence-corrected chi connectivity index (χ1v) is 5.26. The zero-order valence-electron chi connectivity index (χ0n) is 10.1. The highest BCUT2D eigenvalue weighted by molar-refractivity contribution is 5.24. The van der Waals surface area contributed by atoms with Crippen LogP contribution in [-0.4, -0.2) is 23.4 Å². The minimum absolute atomic E-state index is 0.194. The van der Waals surface area contributed by atoms with Crippen LogP contribution in [0.4, 0.5) is 0 Å². The topological polar surface area (TPSA) is 53.1 Å². The van der Waals surface area contributed by atoms with Crippen molar-refractivity contribution >= 4 is 0 Å². The van der Waals surface area contributed by atoms with Crippen LogP contribution < -0.4 is 10.5 Å². The molecule has 2 N–H and O–H groups in total. The molecule has 0 unspecified atom stereocenters. The molecular formula is C11H21N3O. The van der Waals surface area contributed by atoms with Crippen molar-refractivity contribution in [2.24, 2.45) is 11.1 Å². The molecule has 0 fully saturated rings. The van der Waals surface area contributed by atoms with Crippen molar-refractivity contribution in [3.63, 3.8) is 0 Å². The smallest absolute Gasteiger partial charge is 0.214 e. The Kier molecular flexibility index (Phi) is 3.74. The molecule has 4 heteroatoms. The van der Waals surface area contributed by atoms with Crippen molar-refractivity contribution in [3.8, 4) is 5.88 Å². The summed E-state index contributed by atoms with van der Waals surface area (Å²) in [7, 11) is 1.68. The molecule has 0 saturated carbocycles. The van der Waals surface area contributed by atoms with Gasteiger partial charge >= 0.3 is 0 Å². The summed E-state index contributed by atoms with van der Waals surface area (Å²) in [4.78, 5) is 0. The lowest BCUT2D eigenvalue weighted by Gasteiger charge is -2.19. The maximum Gasteiger partial charge on any atom is 0.214 e. The Labute approximate surface area is 91.4 Å². The molecule has 0 aliphatic carbocycles. The predicted molar refractivity (Wildman–Crippen MR) is 61.0 cm³/mol. The maximum absolute atomic E-state index is 5.53. The van der Waals surface area contributed by atoms with Crippen molar-refractivity contribution in [3.05, 3.63) is 11.8 Å². The van der Waals surface area contributed by atoms with E-state index in [1.807, 2.05) is 10.9 Å². The normalized spacial score (nSPS) is 11.8. The van der Waals surface area contributed by atoms with Crippen LogP contribution in [0.25, 0.3) is 0 Å². The summed E-state index contributed by atoms with van der Waals surface area (Å²) in [5.74, 6) is 0.843. The van der Waals surface area contributed by atoms with E-state index < -0.39 is 0 Å². The van der Waals surface area contributed by atoms with Crippen LogP contribution in [0.2, 0.25) is 0 Å². The van der Waals surface area contributed by atoms with Gasteiger partial charge in [-0.05, 0) is 18.4 Å². The predicted octanol–water partition coefficient (Wildman–Crippen LogP) is 1.44. The first-order valence-electron chi connectivity index (χ1n) is 5.26. The molecule has 0 amide bonds. The van der Waals surface area contributed by atoms with Crippen LogP contribution in [0.3, 0.4) is 0 Å². The number of nitrogens with two attached hydrogens (primary N) is 1. The van der Waals surface area contributed by atoms with Crippen molar-refractivity contribution in [2.45, 2.75) is 33.7 Å². The van der Waals surface area contributed by atoms with Gasteiger partial charge in [0, 0.05) is 12.1 Å². The number of hydrogen-bond acceptors (Lipinski definition) is 3. The Morgan fingerprint density at radius 2 is 2.13 bits per heavy atom. The molecule has 1 heterocycles. The van der Waals surface area contributed by atoms with Gasteiger partial charge in [-0.25, -0.2) is 4.68 Å². The van der Waals surface area contributed by atoms with Gasteiger partial charge in [-0.15, -0.1) is 0 Å². The van der Waals surface area contributed by atoms with E-state index >= 15 is 0 Å². The second-order valence-corrected chi connectivity index (χ2v) is 4.94. The fraction of sp³-hybridized carbons (Fsp3) is 0.727. The average molecular weight is 211 g/mol. The Morgan fingerprint density at radius 3 is 2.60 bits per heavy atom. The van der Waals surface area contributed by atoms with Crippen molar-refractivity contribution < 1.29 is 4.74 Å². The van der Waals surface area contributed by atoms with Gasteiger partial charge in [0.15, 0.2) is 0 Å². The number of rotatable bonds is 4. The van der Waals surface area contributed by atoms with Gasteiger partial charge in [-0.3, -0.25) is 0 Å². The first kappa shape index (κ1) is 12.0. The Hall–Kier alpha value is -1.03. The van der Waals surface area contributed by atoms with Crippen LogP contribution in [0.5, 0.6) is 5.88 Å². The lowest BCUT2D eigenvalue weighted by Crippen LogP contribution is -2.17. The Balaban J connectivity index is 2.89. The van der Waals surface area contributed by atoms with E-state index in [4.69, 9.17) is 10.5 Å². The minimum atomic E-state index is 0.194. The van der Waals surface area contributed by atoms with E-state index in [-0.39, 0.29) is 5.41 Å². The maximum atomic E-state index is 5.53. The monoisotopic (exact) mass is 211 g/mol. The Bertz CT molecular complexity index is 312. The number of hydrogen-bond donors (Lipinski definition) is 1. The average Bonchev–Trinajstić information content (AvgIpc) is 2.45. The van der Waals surface area contributed by atoms with Gasteiger partial charge in [0.25, 0.3) is 0 Å². The van der Waals surface area contributed by atoms with E-state index in [9.17, 15) is 0 Å². The van der Waals surface area contributed by atoms with Crippen LogP contribution in [0.1, 0.15) is 26.3 Å². The molecule has 0 saturated heterocycles. The molecule has 1 rings (SSSR count). The quantitative estimate of drug-likeness (QED) is 0.820. The fourth-order valence-corrected chi connectivity index (χ4v) is 1.54. The molecule has 0 atom stereocenters. The first-order chi connectivity index (χ1) is 6.98. The molecule has 1 aromatic rings. The van der Waals surface area contributed by atoms with E-state index in [0.717, 1.165) is 24.4 Å². The highest BCUT2D eigenvalue weighted by atomic mass is 16.5. The summed E-state index contributed by atoms with van der Waals surface area (Å²) >= 11 is 0. The summed E-state index contributed by atoms with van der Waals surface area (Å²) in [5, 5.41) is 4.33. The van der Waals surface area contributed by atoms with E-state index in [2.05, 4.69) is 25.9 Å². The lowest BCUT2D eigenvalue weighted by molar-refractivity contribution is 0.283. The molecule has 1 aromatic heterocycles. The summed E-state index contributed by atoms with van der Waals surface area (Å²) in [6, 6.07) is 0. The second kappa shape index (κ2) is 4.66. The van der Waals surface area contributed by atoms with E-state index in [1.54, 1.807) is 7.11 Å². The standard InChI is InChI=1S/C11H21N3O/c1-11(2,3)8-14-10(15-4)9(5-6-12)7-13-14/h7H,5-6,8,12H2,1-4H3. The van der Waals surface area contributed by atoms with Gasteiger partial charge in [-0.2, -0.15) is 5.10 Å². The molecule has 15 heavy (non-hydrogen) atoms. The van der Waals surface area contributed by atoms with Crippen LogP contribution >= 0.6 is 0 Å². The molecular weight excluding hydrogens is 190 g/mol. The van der Waals surface area contributed by atoms with Crippen molar-refractivity contribution in [1.82, 2.24) is 9.78 Å². The fourth-order valence-electron chi connectivity index (χ4n) is 1.54. The molecule has 0 aliphatic rings. The number of aromatic nitrogens is 2. The SMILES string of the molecule is COc1c(CCN)cnn1CC(C)(C)C. The molecule has 0 spiro atoms. The lowest BCUT2D eigenvalue weighted by atomic mass is 9.97. The summed E-state index contributed by atoms with van der Waals surface area (Å²) in [6.45, 7) is 8.00. The van der Waals surface area contributed by atoms with Crippen LogP contribution in [0.15, 0.2) is 6.20 Å². The third-order valence-electron chi connectivity index (χ3n) is 2.09. The third-order valence-corrected chi connectivity index (χ3v) is 2.09.